The summed E-state index contributed by atoms with van der Waals surface area (Å²) in [5.41, 5.74) is 0.786. The van der Waals surface area contributed by atoms with Crippen molar-refractivity contribution in [2.75, 3.05) is 31.5 Å². The van der Waals surface area contributed by atoms with Crippen LogP contribution in [-0.4, -0.2) is 46.1 Å². The summed E-state index contributed by atoms with van der Waals surface area (Å²) in [5, 5.41) is 3.46. The van der Waals surface area contributed by atoms with E-state index in [1.54, 1.807) is 0 Å². The van der Waals surface area contributed by atoms with Gasteiger partial charge in [0.1, 0.15) is 5.69 Å². The van der Waals surface area contributed by atoms with Crippen molar-refractivity contribution in [1.29, 1.82) is 0 Å². The van der Waals surface area contributed by atoms with Gasteiger partial charge in [0.25, 0.3) is 0 Å². The smallest absolute Gasteiger partial charge is 0.346 e. The van der Waals surface area contributed by atoms with E-state index in [0.29, 0.717) is 10.8 Å². The Kier molecular flexibility index (Phi) is 6.33. The van der Waals surface area contributed by atoms with Crippen LogP contribution in [0.3, 0.4) is 0 Å². The maximum atomic E-state index is 12.6. The molecule has 4 nitrogen and oxygen atoms in total. The molecule has 1 fully saturated rings. The maximum Gasteiger partial charge on any atom is 0.433 e. The van der Waals surface area contributed by atoms with Crippen LogP contribution in [0.4, 0.5) is 18.9 Å². The van der Waals surface area contributed by atoms with Crippen molar-refractivity contribution in [1.82, 2.24) is 14.8 Å². The van der Waals surface area contributed by atoms with E-state index in [1.807, 2.05) is 17.0 Å². The number of hydrogen-bond acceptors (Lipinski definition) is 3. The van der Waals surface area contributed by atoms with Crippen molar-refractivity contribution in [3.05, 3.63) is 58.3 Å². The van der Waals surface area contributed by atoms with Gasteiger partial charge in [0, 0.05) is 37.2 Å². The molecule has 1 aromatic heterocycles. The summed E-state index contributed by atoms with van der Waals surface area (Å²) in [6.07, 6.45) is -3.29. The van der Waals surface area contributed by atoms with Gasteiger partial charge in [0.2, 0.25) is 0 Å². The van der Waals surface area contributed by atoms with Gasteiger partial charge in [-0.05, 0) is 42.0 Å². The van der Waals surface area contributed by atoms with Crippen LogP contribution in [0.15, 0.2) is 47.1 Å². The SMILES string of the molecule is FC(F)(F)c1ccc(NC(=S)N2CCN(Cc3ccc(Br)cc3)CC2)cn1. The molecule has 3 rings (SSSR count). The third-order valence-corrected chi connectivity index (χ3v) is 5.17. The zero-order chi connectivity index (χ0) is 19.4. The lowest BCUT2D eigenvalue weighted by atomic mass is 10.2. The predicted molar refractivity (Wildman–Crippen MR) is 106 cm³/mol. The minimum atomic E-state index is -4.44. The minimum absolute atomic E-state index is 0.449. The summed E-state index contributed by atoms with van der Waals surface area (Å²) in [7, 11) is 0. The Morgan fingerprint density at radius 2 is 1.74 bits per heavy atom. The number of rotatable bonds is 3. The number of pyridine rings is 1. The number of thiocarbonyl (C=S) groups is 1. The molecule has 0 radical (unpaired) electrons. The van der Waals surface area contributed by atoms with Crippen molar-refractivity contribution >= 4 is 38.9 Å². The fourth-order valence-electron chi connectivity index (χ4n) is 2.80. The molecule has 0 saturated carbocycles. The van der Waals surface area contributed by atoms with Gasteiger partial charge in [0.05, 0.1) is 11.9 Å². The topological polar surface area (TPSA) is 31.4 Å². The first-order valence-corrected chi connectivity index (χ1v) is 9.57. The normalized spacial score (nSPS) is 15.6. The van der Waals surface area contributed by atoms with E-state index >= 15 is 0 Å². The van der Waals surface area contributed by atoms with E-state index in [2.05, 4.69) is 43.3 Å². The zero-order valence-electron chi connectivity index (χ0n) is 14.3. The average molecular weight is 459 g/mol. The highest BCUT2D eigenvalue weighted by atomic mass is 79.9. The molecular formula is C18H18BrF3N4S. The van der Waals surface area contributed by atoms with E-state index in [4.69, 9.17) is 12.2 Å². The molecule has 9 heteroatoms. The van der Waals surface area contributed by atoms with E-state index in [1.165, 1.54) is 11.6 Å². The van der Waals surface area contributed by atoms with Crippen LogP contribution < -0.4 is 5.32 Å². The second-order valence-corrected chi connectivity index (χ2v) is 7.55. The van der Waals surface area contributed by atoms with Gasteiger partial charge < -0.3 is 10.2 Å². The van der Waals surface area contributed by atoms with Crippen molar-refractivity contribution in [2.24, 2.45) is 0 Å². The molecule has 1 N–H and O–H groups in total. The standard InChI is InChI=1S/C18H18BrF3N4S/c19-14-3-1-13(2-4-14)12-25-7-9-26(10-8-25)17(27)24-15-5-6-16(23-11-15)18(20,21)22/h1-6,11H,7-10,12H2,(H,24,27). The number of halogens is 4. The van der Waals surface area contributed by atoms with Crippen LogP contribution in [0.25, 0.3) is 0 Å². The molecule has 144 valence electrons. The first-order valence-electron chi connectivity index (χ1n) is 8.37. The Morgan fingerprint density at radius 1 is 1.07 bits per heavy atom. The molecule has 0 spiro atoms. The number of hydrogen-bond donors (Lipinski definition) is 1. The molecule has 2 aromatic rings. The summed E-state index contributed by atoms with van der Waals surface area (Å²) in [6.45, 7) is 4.13. The van der Waals surface area contributed by atoms with Gasteiger partial charge in [-0.15, -0.1) is 0 Å². The van der Waals surface area contributed by atoms with Crippen LogP contribution in [0, 0.1) is 0 Å². The second kappa shape index (κ2) is 8.53. The van der Waals surface area contributed by atoms with Gasteiger partial charge in [-0.3, -0.25) is 4.90 Å². The van der Waals surface area contributed by atoms with Gasteiger partial charge in [-0.2, -0.15) is 13.2 Å². The number of nitrogens with zero attached hydrogens (tertiary/aromatic N) is 3. The molecule has 1 aliphatic rings. The van der Waals surface area contributed by atoms with E-state index in [-0.39, 0.29) is 0 Å². The van der Waals surface area contributed by atoms with E-state index in [0.717, 1.165) is 49.5 Å². The van der Waals surface area contributed by atoms with Crippen LogP contribution in [0.2, 0.25) is 0 Å². The van der Waals surface area contributed by atoms with Crippen molar-refractivity contribution < 1.29 is 13.2 Å². The lowest BCUT2D eigenvalue weighted by Gasteiger charge is -2.36. The average Bonchev–Trinajstić information content (AvgIpc) is 2.64. The minimum Gasteiger partial charge on any atom is -0.346 e. The third kappa shape index (κ3) is 5.63. The number of anilines is 1. The third-order valence-electron chi connectivity index (χ3n) is 4.28. The van der Waals surface area contributed by atoms with Gasteiger partial charge in [-0.25, -0.2) is 4.98 Å². The summed E-state index contributed by atoms with van der Waals surface area (Å²) >= 11 is 8.82. The van der Waals surface area contributed by atoms with Crippen molar-refractivity contribution in [2.45, 2.75) is 12.7 Å². The Hall–Kier alpha value is -1.71. The number of benzene rings is 1. The Balaban J connectivity index is 1.49. The highest BCUT2D eigenvalue weighted by Crippen LogP contribution is 2.27. The molecule has 0 bridgehead atoms. The Bertz CT molecular complexity index is 773. The lowest BCUT2D eigenvalue weighted by Crippen LogP contribution is -2.49. The molecule has 0 unspecified atom stereocenters. The fourth-order valence-corrected chi connectivity index (χ4v) is 3.36. The molecule has 2 heterocycles. The number of alkyl halides is 3. The largest absolute Gasteiger partial charge is 0.433 e. The quantitative estimate of drug-likeness (QED) is 0.689. The molecule has 0 aliphatic carbocycles. The summed E-state index contributed by atoms with van der Waals surface area (Å²) in [4.78, 5) is 7.80. The zero-order valence-corrected chi connectivity index (χ0v) is 16.7. The highest BCUT2D eigenvalue weighted by Gasteiger charge is 2.32. The summed E-state index contributed by atoms with van der Waals surface area (Å²) in [6, 6.07) is 10.5. The first kappa shape index (κ1) is 20.0. The highest BCUT2D eigenvalue weighted by molar-refractivity contribution is 9.10. The molecular weight excluding hydrogens is 441 g/mol. The van der Waals surface area contributed by atoms with Crippen molar-refractivity contribution in [3.8, 4) is 0 Å². The second-order valence-electron chi connectivity index (χ2n) is 6.25. The fraction of sp³-hybridized carbons (Fsp3) is 0.333. The number of piperazine rings is 1. The van der Waals surface area contributed by atoms with Crippen LogP contribution in [-0.2, 0) is 12.7 Å². The molecule has 1 saturated heterocycles. The van der Waals surface area contributed by atoms with Crippen LogP contribution in [0.5, 0.6) is 0 Å². The number of nitrogens with one attached hydrogen (secondary N) is 1. The summed E-state index contributed by atoms with van der Waals surface area (Å²) in [5.74, 6) is 0. The number of aromatic nitrogens is 1. The van der Waals surface area contributed by atoms with Gasteiger partial charge >= 0.3 is 6.18 Å². The van der Waals surface area contributed by atoms with Gasteiger partial charge in [0.15, 0.2) is 5.11 Å². The molecule has 1 aromatic carbocycles. The molecule has 0 atom stereocenters. The summed E-state index contributed by atoms with van der Waals surface area (Å²) < 4.78 is 38.7. The van der Waals surface area contributed by atoms with Gasteiger partial charge in [-0.1, -0.05) is 28.1 Å². The Morgan fingerprint density at radius 3 is 2.30 bits per heavy atom. The molecule has 27 heavy (non-hydrogen) atoms. The Labute approximate surface area is 169 Å². The maximum absolute atomic E-state index is 12.6. The van der Waals surface area contributed by atoms with Crippen LogP contribution >= 0.6 is 28.1 Å². The van der Waals surface area contributed by atoms with Crippen LogP contribution in [0.1, 0.15) is 11.3 Å². The van der Waals surface area contributed by atoms with E-state index < -0.39 is 11.9 Å². The first-order chi connectivity index (χ1) is 12.8. The van der Waals surface area contributed by atoms with E-state index in [9.17, 15) is 13.2 Å². The molecule has 0 amide bonds. The monoisotopic (exact) mass is 458 g/mol. The molecule has 1 aliphatic heterocycles. The van der Waals surface area contributed by atoms with Crippen molar-refractivity contribution in [3.63, 3.8) is 0 Å². The predicted octanol–water partition coefficient (Wildman–Crippen LogP) is 4.38. The lowest BCUT2D eigenvalue weighted by molar-refractivity contribution is -0.141.